The molecule has 92 valence electrons. The molecule has 0 aromatic rings. The minimum Gasteiger partial charge on any atom is -0.352 e. The van der Waals surface area contributed by atoms with Gasteiger partial charge in [0.05, 0.1) is 5.54 Å². The molecular weight excluding hydrogens is 200 g/mol. The maximum absolute atomic E-state index is 11.9. The molecule has 0 aromatic heterocycles. The van der Waals surface area contributed by atoms with Crippen LogP contribution in [0.25, 0.3) is 0 Å². The van der Waals surface area contributed by atoms with Crippen molar-refractivity contribution in [2.75, 3.05) is 0 Å². The minimum absolute atomic E-state index is 0.0960. The molecule has 0 saturated heterocycles. The number of amides is 1. The van der Waals surface area contributed by atoms with Crippen molar-refractivity contribution in [3.05, 3.63) is 0 Å². The van der Waals surface area contributed by atoms with Gasteiger partial charge in [-0.3, -0.25) is 4.79 Å². The van der Waals surface area contributed by atoms with Gasteiger partial charge in [0.15, 0.2) is 0 Å². The summed E-state index contributed by atoms with van der Waals surface area (Å²) in [4.78, 5) is 11.9. The summed E-state index contributed by atoms with van der Waals surface area (Å²) < 4.78 is 0. The average molecular weight is 224 g/mol. The van der Waals surface area contributed by atoms with Gasteiger partial charge < -0.3 is 11.1 Å². The van der Waals surface area contributed by atoms with Crippen LogP contribution >= 0.6 is 0 Å². The Labute approximate surface area is 98.2 Å². The van der Waals surface area contributed by atoms with E-state index in [0.29, 0.717) is 6.04 Å². The van der Waals surface area contributed by atoms with Gasteiger partial charge in [0.2, 0.25) is 5.91 Å². The Bertz CT molecular complexity index is 253. The van der Waals surface area contributed by atoms with E-state index in [1.165, 1.54) is 19.3 Å². The standard InChI is InChI=1S/C13H24N2O/c1-2-10-4-6-11(7-5-10)15-12(16)13(14)8-3-9-13/h10-11H,2-9,14H2,1H3,(H,15,16). The monoisotopic (exact) mass is 224 g/mol. The van der Waals surface area contributed by atoms with Crippen molar-refractivity contribution in [2.45, 2.75) is 69.9 Å². The predicted molar refractivity (Wildman–Crippen MR) is 64.9 cm³/mol. The van der Waals surface area contributed by atoms with E-state index in [9.17, 15) is 4.79 Å². The summed E-state index contributed by atoms with van der Waals surface area (Å²) in [6.45, 7) is 2.26. The summed E-state index contributed by atoms with van der Waals surface area (Å²) in [7, 11) is 0. The third-order valence-corrected chi connectivity index (χ3v) is 4.46. The zero-order chi connectivity index (χ0) is 11.6. The average Bonchev–Trinajstić information content (AvgIpc) is 2.27. The third-order valence-electron chi connectivity index (χ3n) is 4.46. The van der Waals surface area contributed by atoms with Crippen LogP contribution in [0, 0.1) is 5.92 Å². The molecule has 0 unspecified atom stereocenters. The van der Waals surface area contributed by atoms with Gasteiger partial charge in [0, 0.05) is 6.04 Å². The zero-order valence-electron chi connectivity index (χ0n) is 10.3. The zero-order valence-corrected chi connectivity index (χ0v) is 10.3. The topological polar surface area (TPSA) is 55.1 Å². The number of hydrogen-bond acceptors (Lipinski definition) is 2. The van der Waals surface area contributed by atoms with E-state index >= 15 is 0 Å². The van der Waals surface area contributed by atoms with E-state index in [4.69, 9.17) is 5.73 Å². The van der Waals surface area contributed by atoms with Crippen LogP contribution in [0.15, 0.2) is 0 Å². The first-order chi connectivity index (χ1) is 7.64. The number of carbonyl (C=O) groups excluding carboxylic acids is 1. The molecule has 16 heavy (non-hydrogen) atoms. The Morgan fingerprint density at radius 3 is 2.38 bits per heavy atom. The highest BCUT2D eigenvalue weighted by molar-refractivity contribution is 5.87. The van der Waals surface area contributed by atoms with Gasteiger partial charge in [0.1, 0.15) is 0 Å². The molecular formula is C13H24N2O. The molecule has 0 spiro atoms. The minimum atomic E-state index is -0.526. The summed E-state index contributed by atoms with van der Waals surface area (Å²) in [5, 5.41) is 3.14. The molecule has 3 heteroatoms. The Morgan fingerprint density at radius 2 is 1.94 bits per heavy atom. The molecule has 3 nitrogen and oxygen atoms in total. The van der Waals surface area contributed by atoms with Crippen molar-refractivity contribution >= 4 is 5.91 Å². The number of rotatable bonds is 3. The smallest absolute Gasteiger partial charge is 0.240 e. The maximum Gasteiger partial charge on any atom is 0.240 e. The quantitative estimate of drug-likeness (QED) is 0.770. The molecule has 1 amide bonds. The van der Waals surface area contributed by atoms with Gasteiger partial charge in [-0.1, -0.05) is 13.3 Å². The van der Waals surface area contributed by atoms with Gasteiger partial charge in [0.25, 0.3) is 0 Å². The van der Waals surface area contributed by atoms with Crippen LogP contribution in [0.4, 0.5) is 0 Å². The largest absolute Gasteiger partial charge is 0.352 e. The molecule has 0 aromatic carbocycles. The highest BCUT2D eigenvalue weighted by Gasteiger charge is 2.40. The van der Waals surface area contributed by atoms with Gasteiger partial charge in [-0.25, -0.2) is 0 Å². The second kappa shape index (κ2) is 4.74. The lowest BCUT2D eigenvalue weighted by Crippen LogP contribution is -2.60. The summed E-state index contributed by atoms with van der Waals surface area (Å²) in [6.07, 6.45) is 8.92. The van der Waals surface area contributed by atoms with Crippen molar-refractivity contribution in [2.24, 2.45) is 11.7 Å². The Morgan fingerprint density at radius 1 is 1.31 bits per heavy atom. The van der Waals surface area contributed by atoms with Crippen LogP contribution in [-0.2, 0) is 4.79 Å². The van der Waals surface area contributed by atoms with Crippen molar-refractivity contribution in [3.63, 3.8) is 0 Å². The van der Waals surface area contributed by atoms with E-state index < -0.39 is 5.54 Å². The van der Waals surface area contributed by atoms with Gasteiger partial charge in [-0.2, -0.15) is 0 Å². The SMILES string of the molecule is CCC1CCC(NC(=O)C2(N)CCC2)CC1. The fourth-order valence-corrected chi connectivity index (χ4v) is 2.83. The van der Waals surface area contributed by atoms with Gasteiger partial charge >= 0.3 is 0 Å². The van der Waals surface area contributed by atoms with E-state index in [2.05, 4.69) is 12.2 Å². The first-order valence-electron chi connectivity index (χ1n) is 6.74. The van der Waals surface area contributed by atoms with Crippen LogP contribution in [0.3, 0.4) is 0 Å². The second-order valence-corrected chi connectivity index (χ2v) is 5.61. The number of hydrogen-bond donors (Lipinski definition) is 2. The molecule has 2 saturated carbocycles. The molecule has 2 aliphatic carbocycles. The Kier molecular flexibility index (Phi) is 3.53. The molecule has 3 N–H and O–H groups in total. The fraction of sp³-hybridized carbons (Fsp3) is 0.923. The maximum atomic E-state index is 11.9. The van der Waals surface area contributed by atoms with Crippen LogP contribution in [0.1, 0.15) is 58.3 Å². The van der Waals surface area contributed by atoms with E-state index in [0.717, 1.165) is 38.0 Å². The summed E-state index contributed by atoms with van der Waals surface area (Å²) >= 11 is 0. The van der Waals surface area contributed by atoms with E-state index in [1.54, 1.807) is 0 Å². The molecule has 2 fully saturated rings. The lowest BCUT2D eigenvalue weighted by Gasteiger charge is -2.38. The van der Waals surface area contributed by atoms with Crippen LogP contribution in [0.5, 0.6) is 0 Å². The highest BCUT2D eigenvalue weighted by Crippen LogP contribution is 2.31. The van der Waals surface area contributed by atoms with Crippen molar-refractivity contribution < 1.29 is 4.79 Å². The molecule has 2 rings (SSSR count). The number of carbonyl (C=O) groups is 1. The normalized spacial score (nSPS) is 32.9. The van der Waals surface area contributed by atoms with Crippen molar-refractivity contribution in [3.8, 4) is 0 Å². The number of nitrogens with one attached hydrogen (secondary N) is 1. The first-order valence-corrected chi connectivity index (χ1v) is 6.74. The van der Waals surface area contributed by atoms with E-state index in [-0.39, 0.29) is 5.91 Å². The molecule has 0 bridgehead atoms. The van der Waals surface area contributed by atoms with Crippen LogP contribution in [-0.4, -0.2) is 17.5 Å². The lowest BCUT2D eigenvalue weighted by atomic mass is 9.76. The first kappa shape index (κ1) is 11.9. The lowest BCUT2D eigenvalue weighted by molar-refractivity contribution is -0.130. The summed E-state index contributed by atoms with van der Waals surface area (Å²) in [5.74, 6) is 0.974. The summed E-state index contributed by atoms with van der Waals surface area (Å²) in [5.41, 5.74) is 5.48. The predicted octanol–water partition coefficient (Wildman–Crippen LogP) is 1.95. The van der Waals surface area contributed by atoms with Crippen molar-refractivity contribution in [1.29, 1.82) is 0 Å². The van der Waals surface area contributed by atoms with Crippen molar-refractivity contribution in [1.82, 2.24) is 5.32 Å². The molecule has 0 atom stereocenters. The highest BCUT2D eigenvalue weighted by atomic mass is 16.2. The van der Waals surface area contributed by atoms with Gasteiger partial charge in [-0.05, 0) is 50.9 Å². The fourth-order valence-electron chi connectivity index (χ4n) is 2.83. The molecule has 2 aliphatic rings. The number of nitrogens with two attached hydrogens (primary N) is 1. The van der Waals surface area contributed by atoms with Gasteiger partial charge in [-0.15, -0.1) is 0 Å². The van der Waals surface area contributed by atoms with Crippen LogP contribution in [0.2, 0.25) is 0 Å². The Balaban J connectivity index is 1.76. The molecule has 0 aliphatic heterocycles. The molecule has 0 radical (unpaired) electrons. The van der Waals surface area contributed by atoms with E-state index in [1.807, 2.05) is 0 Å². The van der Waals surface area contributed by atoms with Crippen LogP contribution < -0.4 is 11.1 Å². The molecule has 0 heterocycles. The third kappa shape index (κ3) is 2.40. The summed E-state index contributed by atoms with van der Waals surface area (Å²) in [6, 6.07) is 0.385. The Hall–Kier alpha value is -0.570. The second-order valence-electron chi connectivity index (χ2n) is 5.61.